The third-order valence-electron chi connectivity index (χ3n) is 1.07. The van der Waals surface area contributed by atoms with Gasteiger partial charge in [0, 0.05) is 11.8 Å². The number of carbonyl (C=O) groups is 1. The van der Waals surface area contributed by atoms with Crippen LogP contribution in [0, 0.1) is 12.3 Å². The van der Waals surface area contributed by atoms with Gasteiger partial charge in [-0.05, 0) is 12.1 Å². The topological polar surface area (TPSA) is 30.0 Å². The molecule has 2 heteroatoms. The van der Waals surface area contributed by atoms with E-state index < -0.39 is 0 Å². The van der Waals surface area contributed by atoms with Gasteiger partial charge < -0.3 is 0 Å². The molecule has 0 aliphatic rings. The number of hydrogen-bond donors (Lipinski definition) is 0. The summed E-state index contributed by atoms with van der Waals surface area (Å²) in [4.78, 5) is 13.9. The molecule has 48 valence electrons. The first kappa shape index (κ1) is 6.50. The summed E-state index contributed by atoms with van der Waals surface area (Å²) in [6.07, 6.45) is 7.22. The van der Waals surface area contributed by atoms with Gasteiger partial charge in [0.15, 0.2) is 6.29 Å². The van der Waals surface area contributed by atoms with Crippen molar-refractivity contribution in [1.29, 1.82) is 0 Å². The standard InChI is InChI=1S/C8H5NO/c1-2-8-4-3-7(6-10)5-9-8/h1,3-6H. The van der Waals surface area contributed by atoms with Gasteiger partial charge in [-0.3, -0.25) is 4.79 Å². The van der Waals surface area contributed by atoms with E-state index in [2.05, 4.69) is 10.9 Å². The number of nitrogens with zero attached hydrogens (tertiary/aromatic N) is 1. The molecule has 0 saturated heterocycles. The Labute approximate surface area is 58.9 Å². The van der Waals surface area contributed by atoms with Crippen molar-refractivity contribution < 1.29 is 4.79 Å². The van der Waals surface area contributed by atoms with E-state index in [0.717, 1.165) is 6.29 Å². The second-order valence-electron chi connectivity index (χ2n) is 1.74. The molecule has 0 atom stereocenters. The van der Waals surface area contributed by atoms with Crippen LogP contribution in [0.15, 0.2) is 18.3 Å². The van der Waals surface area contributed by atoms with Crippen molar-refractivity contribution >= 4 is 6.29 Å². The Morgan fingerprint density at radius 3 is 2.80 bits per heavy atom. The molecule has 0 spiro atoms. The molecule has 0 N–H and O–H groups in total. The Kier molecular flexibility index (Phi) is 1.81. The maximum atomic E-state index is 10.1. The van der Waals surface area contributed by atoms with E-state index in [0.29, 0.717) is 11.3 Å². The predicted molar refractivity (Wildman–Crippen MR) is 37.6 cm³/mol. The van der Waals surface area contributed by atoms with Crippen LogP contribution in [0.5, 0.6) is 0 Å². The van der Waals surface area contributed by atoms with E-state index in [1.165, 1.54) is 6.20 Å². The van der Waals surface area contributed by atoms with Crippen LogP contribution < -0.4 is 0 Å². The molecule has 1 rings (SSSR count). The molecule has 0 bridgehead atoms. The maximum absolute atomic E-state index is 10.1. The summed E-state index contributed by atoms with van der Waals surface area (Å²) in [5.74, 6) is 2.35. The zero-order chi connectivity index (χ0) is 7.40. The lowest BCUT2D eigenvalue weighted by molar-refractivity contribution is 0.112. The molecule has 0 saturated carbocycles. The van der Waals surface area contributed by atoms with Crippen LogP contribution in [-0.2, 0) is 0 Å². The largest absolute Gasteiger partial charge is 0.298 e. The molecule has 1 aromatic heterocycles. The van der Waals surface area contributed by atoms with Crippen molar-refractivity contribution in [2.45, 2.75) is 0 Å². The average Bonchev–Trinajstić information content (AvgIpc) is 2.05. The molecule has 2 nitrogen and oxygen atoms in total. The van der Waals surface area contributed by atoms with Gasteiger partial charge in [0.05, 0.1) is 0 Å². The van der Waals surface area contributed by atoms with Gasteiger partial charge in [0.1, 0.15) is 5.69 Å². The van der Waals surface area contributed by atoms with Crippen molar-refractivity contribution in [2.75, 3.05) is 0 Å². The number of carbonyl (C=O) groups excluding carboxylic acids is 1. The highest BCUT2D eigenvalue weighted by Crippen LogP contribution is 1.94. The van der Waals surface area contributed by atoms with Crippen LogP contribution in [0.4, 0.5) is 0 Å². The molecule has 1 heterocycles. The van der Waals surface area contributed by atoms with Gasteiger partial charge in [-0.25, -0.2) is 4.98 Å². The van der Waals surface area contributed by atoms with E-state index in [4.69, 9.17) is 6.42 Å². The molecule has 0 aromatic carbocycles. The molecule has 0 amide bonds. The highest BCUT2D eigenvalue weighted by Gasteiger charge is 1.88. The minimum absolute atomic E-state index is 0.541. The van der Waals surface area contributed by atoms with E-state index in [9.17, 15) is 4.79 Å². The number of aldehydes is 1. The van der Waals surface area contributed by atoms with Crippen molar-refractivity contribution in [3.8, 4) is 12.3 Å². The van der Waals surface area contributed by atoms with E-state index in [1.807, 2.05) is 0 Å². The van der Waals surface area contributed by atoms with Crippen LogP contribution >= 0.6 is 0 Å². The zero-order valence-corrected chi connectivity index (χ0v) is 5.24. The van der Waals surface area contributed by atoms with Crippen molar-refractivity contribution in [3.63, 3.8) is 0 Å². The smallest absolute Gasteiger partial charge is 0.151 e. The summed E-state index contributed by atoms with van der Waals surface area (Å²) in [7, 11) is 0. The first-order valence-corrected chi connectivity index (χ1v) is 2.74. The first-order valence-electron chi connectivity index (χ1n) is 2.74. The number of hydrogen-bond acceptors (Lipinski definition) is 2. The summed E-state index contributed by atoms with van der Waals surface area (Å²) in [6.45, 7) is 0. The van der Waals surface area contributed by atoms with Crippen molar-refractivity contribution in [1.82, 2.24) is 4.98 Å². The van der Waals surface area contributed by atoms with Gasteiger partial charge in [-0.2, -0.15) is 0 Å². The molecular weight excluding hydrogens is 126 g/mol. The summed E-state index contributed by atoms with van der Waals surface area (Å²) in [5.41, 5.74) is 1.09. The Morgan fingerprint density at radius 1 is 1.60 bits per heavy atom. The number of aromatic nitrogens is 1. The third-order valence-corrected chi connectivity index (χ3v) is 1.07. The lowest BCUT2D eigenvalue weighted by Gasteiger charge is -1.88. The van der Waals surface area contributed by atoms with Crippen LogP contribution in [0.3, 0.4) is 0 Å². The van der Waals surface area contributed by atoms with E-state index >= 15 is 0 Å². The Morgan fingerprint density at radius 2 is 2.40 bits per heavy atom. The zero-order valence-electron chi connectivity index (χ0n) is 5.24. The van der Waals surface area contributed by atoms with Gasteiger partial charge in [0.2, 0.25) is 0 Å². The fraction of sp³-hybridized carbons (Fsp3) is 0. The second-order valence-corrected chi connectivity index (χ2v) is 1.74. The van der Waals surface area contributed by atoms with Gasteiger partial charge >= 0.3 is 0 Å². The maximum Gasteiger partial charge on any atom is 0.151 e. The Bertz CT molecular complexity index is 268. The molecule has 0 aliphatic carbocycles. The normalized spacial score (nSPS) is 8.30. The Hall–Kier alpha value is -1.62. The van der Waals surface area contributed by atoms with Crippen LogP contribution in [0.25, 0.3) is 0 Å². The summed E-state index contributed by atoms with van der Waals surface area (Å²) >= 11 is 0. The molecular formula is C8H5NO. The quantitative estimate of drug-likeness (QED) is 0.418. The van der Waals surface area contributed by atoms with Crippen LogP contribution in [-0.4, -0.2) is 11.3 Å². The van der Waals surface area contributed by atoms with Crippen LogP contribution in [0.1, 0.15) is 16.1 Å². The second kappa shape index (κ2) is 2.79. The number of rotatable bonds is 1. The number of terminal acetylenes is 1. The predicted octanol–water partition coefficient (Wildman–Crippen LogP) is 0.875. The average molecular weight is 131 g/mol. The summed E-state index contributed by atoms with van der Waals surface area (Å²) < 4.78 is 0. The fourth-order valence-corrected chi connectivity index (χ4v) is 0.560. The number of pyridine rings is 1. The highest BCUT2D eigenvalue weighted by atomic mass is 16.1. The first-order chi connectivity index (χ1) is 4.86. The summed E-state index contributed by atoms with van der Waals surface area (Å²) in [5, 5.41) is 0. The van der Waals surface area contributed by atoms with Gasteiger partial charge in [-0.15, -0.1) is 6.42 Å². The highest BCUT2D eigenvalue weighted by molar-refractivity contribution is 5.74. The Balaban J connectivity index is 3.04. The minimum Gasteiger partial charge on any atom is -0.298 e. The van der Waals surface area contributed by atoms with E-state index in [-0.39, 0.29) is 0 Å². The lowest BCUT2D eigenvalue weighted by atomic mass is 10.3. The van der Waals surface area contributed by atoms with E-state index in [1.54, 1.807) is 12.1 Å². The third kappa shape index (κ3) is 1.20. The molecule has 0 unspecified atom stereocenters. The van der Waals surface area contributed by atoms with Crippen molar-refractivity contribution in [2.24, 2.45) is 0 Å². The molecule has 1 aromatic rings. The SMILES string of the molecule is C#Cc1ccc(C=O)cn1. The molecule has 0 radical (unpaired) electrons. The molecule has 0 aliphatic heterocycles. The molecule has 10 heavy (non-hydrogen) atoms. The summed E-state index contributed by atoms with van der Waals surface area (Å²) in [6, 6.07) is 3.26. The molecule has 0 fully saturated rings. The van der Waals surface area contributed by atoms with Gasteiger partial charge in [-0.1, -0.05) is 5.92 Å². The van der Waals surface area contributed by atoms with Crippen molar-refractivity contribution in [3.05, 3.63) is 29.6 Å². The monoisotopic (exact) mass is 131 g/mol. The van der Waals surface area contributed by atoms with Crippen LogP contribution in [0.2, 0.25) is 0 Å². The fourth-order valence-electron chi connectivity index (χ4n) is 0.560. The lowest BCUT2D eigenvalue weighted by Crippen LogP contribution is -1.84. The van der Waals surface area contributed by atoms with Gasteiger partial charge in [0.25, 0.3) is 0 Å². The minimum atomic E-state index is 0.541.